The number of hydrogen-bond donors (Lipinski definition) is 2. The average Bonchev–Trinajstić information content (AvgIpc) is 2.64. The largest absolute Gasteiger partial charge is 0.352 e. The summed E-state index contributed by atoms with van der Waals surface area (Å²) in [4.78, 5) is 9.29. The number of nitrogens with one attached hydrogen (secondary N) is 2. The van der Waals surface area contributed by atoms with Crippen molar-refractivity contribution in [1.82, 2.24) is 9.97 Å². The van der Waals surface area contributed by atoms with Crippen LogP contribution in [0, 0.1) is 3.57 Å². The Morgan fingerprint density at radius 2 is 1.85 bits per heavy atom. The molecule has 0 amide bonds. The van der Waals surface area contributed by atoms with Gasteiger partial charge in [-0.05, 0) is 54.1 Å². The maximum absolute atomic E-state index is 6.36. The summed E-state index contributed by atoms with van der Waals surface area (Å²) >= 11 is 8.60. The molecule has 0 bridgehead atoms. The molecule has 0 unspecified atom stereocenters. The van der Waals surface area contributed by atoms with Gasteiger partial charge in [-0.15, -0.1) is 0 Å². The zero-order valence-corrected chi connectivity index (χ0v) is 17.5. The first kappa shape index (κ1) is 18.9. The molecule has 4 nitrogen and oxygen atoms in total. The fourth-order valence-corrected chi connectivity index (χ4v) is 3.29. The molecular formula is C20H20ClIN4. The highest BCUT2D eigenvalue weighted by molar-refractivity contribution is 14.1. The van der Waals surface area contributed by atoms with Crippen molar-refractivity contribution in [1.29, 1.82) is 0 Å². The van der Waals surface area contributed by atoms with Gasteiger partial charge in [0.05, 0.1) is 16.4 Å². The third-order valence-corrected chi connectivity index (χ3v) is 4.96. The molecule has 0 aliphatic heterocycles. The zero-order valence-electron chi connectivity index (χ0n) is 14.6. The van der Waals surface area contributed by atoms with Crippen molar-refractivity contribution >= 4 is 51.6 Å². The molecule has 1 aromatic heterocycles. The van der Waals surface area contributed by atoms with Crippen molar-refractivity contribution < 1.29 is 0 Å². The summed E-state index contributed by atoms with van der Waals surface area (Å²) in [6, 6.07) is 18.2. The normalized spacial score (nSPS) is 11.8. The first-order valence-corrected chi connectivity index (χ1v) is 9.94. The molecule has 0 aliphatic carbocycles. The highest BCUT2D eigenvalue weighted by Crippen LogP contribution is 2.28. The van der Waals surface area contributed by atoms with E-state index in [9.17, 15) is 0 Å². The molecule has 2 N–H and O–H groups in total. The fraction of sp³-hybridized carbons (Fsp3) is 0.200. The number of rotatable bonds is 6. The quantitative estimate of drug-likeness (QED) is 0.405. The Morgan fingerprint density at radius 3 is 2.54 bits per heavy atom. The van der Waals surface area contributed by atoms with E-state index in [4.69, 9.17) is 11.6 Å². The molecule has 1 atom stereocenters. The second-order valence-corrected chi connectivity index (χ2v) is 7.68. The number of nitrogens with zero attached hydrogens (tertiary/aromatic N) is 2. The lowest BCUT2D eigenvalue weighted by Gasteiger charge is -2.15. The molecule has 6 heteroatoms. The minimum atomic E-state index is 0.288. The van der Waals surface area contributed by atoms with Crippen LogP contribution in [0.1, 0.15) is 20.3 Å². The maximum atomic E-state index is 6.36. The summed E-state index contributed by atoms with van der Waals surface area (Å²) < 4.78 is 1.09. The molecule has 3 rings (SSSR count). The van der Waals surface area contributed by atoms with Gasteiger partial charge in [0.1, 0.15) is 5.82 Å². The van der Waals surface area contributed by atoms with Crippen LogP contribution in [0.25, 0.3) is 11.3 Å². The van der Waals surface area contributed by atoms with Gasteiger partial charge in [-0.1, -0.05) is 48.9 Å². The predicted molar refractivity (Wildman–Crippen MR) is 118 cm³/mol. The zero-order chi connectivity index (χ0) is 18.5. The second-order valence-electron chi connectivity index (χ2n) is 6.03. The monoisotopic (exact) mass is 478 g/mol. The van der Waals surface area contributed by atoms with Crippen LogP contribution in [0.5, 0.6) is 0 Å². The fourth-order valence-electron chi connectivity index (χ4n) is 2.38. The Hall–Kier alpha value is -1.86. The van der Waals surface area contributed by atoms with Crippen LogP contribution in [-0.4, -0.2) is 16.0 Å². The Bertz CT molecular complexity index is 886. The Morgan fingerprint density at radius 1 is 1.08 bits per heavy atom. The summed E-state index contributed by atoms with van der Waals surface area (Å²) in [5.41, 5.74) is 2.72. The van der Waals surface area contributed by atoms with Gasteiger partial charge in [0, 0.05) is 21.2 Å². The molecule has 0 aliphatic rings. The van der Waals surface area contributed by atoms with E-state index >= 15 is 0 Å². The summed E-state index contributed by atoms with van der Waals surface area (Å²) in [6.45, 7) is 4.24. The van der Waals surface area contributed by atoms with Gasteiger partial charge in [-0.25, -0.2) is 4.98 Å². The molecule has 0 saturated carbocycles. The van der Waals surface area contributed by atoms with Gasteiger partial charge in [0.25, 0.3) is 0 Å². The third kappa shape index (κ3) is 4.86. The van der Waals surface area contributed by atoms with Gasteiger partial charge in [-0.3, -0.25) is 0 Å². The number of aromatic nitrogens is 2. The van der Waals surface area contributed by atoms with Crippen LogP contribution in [0.4, 0.5) is 17.5 Å². The van der Waals surface area contributed by atoms with Crippen molar-refractivity contribution in [2.45, 2.75) is 26.3 Å². The van der Waals surface area contributed by atoms with Crippen molar-refractivity contribution in [3.63, 3.8) is 0 Å². The summed E-state index contributed by atoms with van der Waals surface area (Å²) in [5.74, 6) is 1.30. The molecule has 26 heavy (non-hydrogen) atoms. The minimum Gasteiger partial charge on any atom is -0.352 e. The van der Waals surface area contributed by atoms with Gasteiger partial charge < -0.3 is 10.6 Å². The highest BCUT2D eigenvalue weighted by atomic mass is 127. The van der Waals surface area contributed by atoms with E-state index in [0.717, 1.165) is 26.9 Å². The lowest BCUT2D eigenvalue weighted by molar-refractivity contribution is 0.753. The van der Waals surface area contributed by atoms with Crippen molar-refractivity contribution in [3.05, 3.63) is 63.2 Å². The molecule has 3 aromatic rings. The maximum Gasteiger partial charge on any atom is 0.225 e. The first-order chi connectivity index (χ1) is 12.5. The van der Waals surface area contributed by atoms with E-state index in [0.29, 0.717) is 16.8 Å². The van der Waals surface area contributed by atoms with Crippen LogP contribution in [0.3, 0.4) is 0 Å². The SMILES string of the molecule is CC[C@H](C)Nc1nc(Nc2ccc(I)cc2Cl)cc(-c2ccccc2)n1. The predicted octanol–water partition coefficient (Wildman–Crippen LogP) is 6.36. The minimum absolute atomic E-state index is 0.288. The van der Waals surface area contributed by atoms with Gasteiger partial charge in [-0.2, -0.15) is 4.98 Å². The average molecular weight is 479 g/mol. The molecule has 1 heterocycles. The molecule has 0 saturated heterocycles. The molecule has 0 spiro atoms. The number of halogens is 2. The van der Waals surface area contributed by atoms with Crippen LogP contribution >= 0.6 is 34.2 Å². The second kappa shape index (κ2) is 8.68. The van der Waals surface area contributed by atoms with E-state index in [1.807, 2.05) is 54.6 Å². The highest BCUT2D eigenvalue weighted by Gasteiger charge is 2.10. The lowest BCUT2D eigenvalue weighted by Crippen LogP contribution is -2.16. The summed E-state index contributed by atoms with van der Waals surface area (Å²) in [6.07, 6.45) is 0.991. The van der Waals surface area contributed by atoms with Crippen LogP contribution in [-0.2, 0) is 0 Å². The molecule has 0 radical (unpaired) electrons. The lowest BCUT2D eigenvalue weighted by atomic mass is 10.1. The third-order valence-electron chi connectivity index (χ3n) is 3.98. The molecule has 134 valence electrons. The van der Waals surface area contributed by atoms with Gasteiger partial charge in [0.15, 0.2) is 0 Å². The molecule has 0 fully saturated rings. The van der Waals surface area contributed by atoms with Gasteiger partial charge >= 0.3 is 0 Å². The Labute approximate surface area is 172 Å². The van der Waals surface area contributed by atoms with E-state index in [1.165, 1.54) is 0 Å². The van der Waals surface area contributed by atoms with E-state index in [2.05, 4.69) is 57.0 Å². The van der Waals surface area contributed by atoms with Crippen LogP contribution < -0.4 is 10.6 Å². The molecule has 2 aromatic carbocycles. The topological polar surface area (TPSA) is 49.8 Å². The summed E-state index contributed by atoms with van der Waals surface area (Å²) in [5, 5.41) is 7.33. The van der Waals surface area contributed by atoms with E-state index < -0.39 is 0 Å². The smallest absolute Gasteiger partial charge is 0.225 e. The van der Waals surface area contributed by atoms with Gasteiger partial charge in [0.2, 0.25) is 5.95 Å². The number of anilines is 3. The summed E-state index contributed by atoms with van der Waals surface area (Å²) in [7, 11) is 0. The Balaban J connectivity index is 1.98. The van der Waals surface area contributed by atoms with Crippen LogP contribution in [0.15, 0.2) is 54.6 Å². The van der Waals surface area contributed by atoms with E-state index in [1.54, 1.807) is 0 Å². The van der Waals surface area contributed by atoms with Crippen molar-refractivity contribution in [2.75, 3.05) is 10.6 Å². The molecular weight excluding hydrogens is 459 g/mol. The van der Waals surface area contributed by atoms with E-state index in [-0.39, 0.29) is 6.04 Å². The standard InChI is InChI=1S/C20H20ClIN4/c1-3-13(2)23-20-25-18(14-7-5-4-6-8-14)12-19(26-20)24-17-10-9-15(22)11-16(17)21/h4-13H,3H2,1-2H3,(H2,23,24,25,26)/t13-/m0/s1. The first-order valence-electron chi connectivity index (χ1n) is 8.48. The van der Waals surface area contributed by atoms with Crippen LogP contribution in [0.2, 0.25) is 5.02 Å². The Kier molecular flexibility index (Phi) is 6.32. The number of hydrogen-bond acceptors (Lipinski definition) is 4. The number of benzene rings is 2. The van der Waals surface area contributed by atoms with Crippen molar-refractivity contribution in [2.24, 2.45) is 0 Å². The van der Waals surface area contributed by atoms with Crippen molar-refractivity contribution in [3.8, 4) is 11.3 Å².